The van der Waals surface area contributed by atoms with E-state index in [0.717, 1.165) is 21.2 Å². The fraction of sp³-hybridized carbons (Fsp3) is 0.143. The lowest BCUT2D eigenvalue weighted by Gasteiger charge is -2.15. The van der Waals surface area contributed by atoms with Crippen LogP contribution in [0.25, 0.3) is 6.08 Å². The van der Waals surface area contributed by atoms with Crippen molar-refractivity contribution in [2.24, 2.45) is 0 Å². The molecule has 1 unspecified atom stereocenters. The molecule has 1 heterocycles. The van der Waals surface area contributed by atoms with Crippen LogP contribution in [0.4, 0.5) is 0 Å². The topological polar surface area (TPSA) is 95.9 Å². The maximum Gasteiger partial charge on any atom is 0.344 e. The Morgan fingerprint density at radius 3 is 2.65 bits per heavy atom. The summed E-state index contributed by atoms with van der Waals surface area (Å²) < 4.78 is 6.52. The van der Waals surface area contributed by atoms with Crippen molar-refractivity contribution >= 4 is 68.1 Å². The predicted molar refractivity (Wildman–Crippen MR) is 125 cm³/mol. The van der Waals surface area contributed by atoms with Crippen LogP contribution in [-0.4, -0.2) is 38.3 Å². The highest BCUT2D eigenvalue weighted by Gasteiger charge is 2.33. The van der Waals surface area contributed by atoms with Crippen LogP contribution in [0.2, 0.25) is 0 Å². The van der Waals surface area contributed by atoms with Gasteiger partial charge in [-0.3, -0.25) is 15.0 Å². The van der Waals surface area contributed by atoms with Gasteiger partial charge in [-0.25, -0.2) is 4.79 Å². The van der Waals surface area contributed by atoms with Gasteiger partial charge in [-0.1, -0.05) is 46.7 Å². The summed E-state index contributed by atoms with van der Waals surface area (Å²) in [6.45, 7) is 1.72. The Labute approximate surface area is 196 Å². The fourth-order valence-electron chi connectivity index (χ4n) is 2.63. The number of hydrogen-bond donors (Lipinski definition) is 2. The average Bonchev–Trinajstić information content (AvgIpc) is 2.99. The average molecular weight is 521 g/mol. The number of nitrogens with one attached hydrogen (secondary N) is 1. The number of amides is 2. The first kappa shape index (κ1) is 23.0. The molecule has 0 bridgehead atoms. The number of thiocarbonyl (C=S) groups is 1. The number of carbonyl (C=O) groups is 3. The van der Waals surface area contributed by atoms with Crippen LogP contribution < -0.4 is 10.2 Å². The number of ether oxygens (including phenoxy) is 1. The molecule has 1 atom stereocenters. The Kier molecular flexibility index (Phi) is 7.47. The Bertz CT molecular complexity index is 1070. The number of nitrogens with zero attached hydrogens (tertiary/aromatic N) is 1. The number of carboxylic acids is 1. The standard InChI is InChI=1S/C21H17BrN2O5S2/c1-2-16(20(27)28)29-15-5-3-4-12(10-15)11-17-19(26)24(21(30)31-17)23-18(25)13-6-8-14(22)9-7-13/h3-11,16H,2H2,1H3,(H,23,25)(H,27,28)/b17-11+. The third kappa shape index (κ3) is 5.72. The second-order valence-corrected chi connectivity index (χ2v) is 8.98. The van der Waals surface area contributed by atoms with Crippen LogP contribution in [0.1, 0.15) is 29.3 Å². The minimum Gasteiger partial charge on any atom is -0.479 e. The molecular formula is C21H17BrN2O5S2. The number of carboxylic acid groups (broad SMARTS) is 1. The van der Waals surface area contributed by atoms with Crippen LogP contribution >= 0.6 is 39.9 Å². The van der Waals surface area contributed by atoms with E-state index in [9.17, 15) is 14.4 Å². The SMILES string of the molecule is CCC(Oc1cccc(/C=C2/SC(=S)N(NC(=O)c3ccc(Br)cc3)C2=O)c1)C(=O)O. The number of benzene rings is 2. The van der Waals surface area contributed by atoms with Crippen molar-refractivity contribution in [3.63, 3.8) is 0 Å². The van der Waals surface area contributed by atoms with Crippen LogP contribution in [0.15, 0.2) is 57.9 Å². The van der Waals surface area contributed by atoms with Crippen molar-refractivity contribution in [1.29, 1.82) is 0 Å². The molecule has 1 aliphatic heterocycles. The zero-order valence-corrected chi connectivity index (χ0v) is 19.4. The summed E-state index contributed by atoms with van der Waals surface area (Å²) in [5.74, 6) is -1.58. The van der Waals surface area contributed by atoms with Crippen LogP contribution in [0.5, 0.6) is 5.75 Å². The Hall–Kier alpha value is -2.69. The number of thioether (sulfide) groups is 1. The maximum absolute atomic E-state index is 12.8. The molecule has 0 spiro atoms. The smallest absolute Gasteiger partial charge is 0.344 e. The molecule has 2 aromatic carbocycles. The van der Waals surface area contributed by atoms with Crippen LogP contribution in [0, 0.1) is 0 Å². The molecule has 1 fully saturated rings. The second kappa shape index (κ2) is 10.1. The first-order chi connectivity index (χ1) is 14.8. The minimum absolute atomic E-state index is 0.200. The van der Waals surface area contributed by atoms with Gasteiger partial charge in [-0.15, -0.1) is 0 Å². The van der Waals surface area contributed by atoms with E-state index in [0.29, 0.717) is 28.2 Å². The van der Waals surface area contributed by atoms with Crippen LogP contribution in [-0.2, 0) is 9.59 Å². The number of hydrazine groups is 1. The molecule has 0 radical (unpaired) electrons. The largest absolute Gasteiger partial charge is 0.479 e. The number of carbonyl (C=O) groups excluding carboxylic acids is 2. The summed E-state index contributed by atoms with van der Waals surface area (Å²) in [6, 6.07) is 13.4. The van der Waals surface area contributed by atoms with Crippen molar-refractivity contribution in [1.82, 2.24) is 10.4 Å². The van der Waals surface area contributed by atoms with E-state index in [1.807, 2.05) is 0 Å². The Morgan fingerprint density at radius 1 is 1.29 bits per heavy atom. The highest BCUT2D eigenvalue weighted by molar-refractivity contribution is 9.10. The molecule has 0 saturated carbocycles. The maximum atomic E-state index is 12.8. The van der Waals surface area contributed by atoms with E-state index in [1.165, 1.54) is 0 Å². The van der Waals surface area contributed by atoms with E-state index in [1.54, 1.807) is 61.5 Å². The molecule has 2 aromatic rings. The molecule has 1 saturated heterocycles. The zero-order valence-electron chi connectivity index (χ0n) is 16.2. The quantitative estimate of drug-likeness (QED) is 0.416. The van der Waals surface area contributed by atoms with Crippen molar-refractivity contribution < 1.29 is 24.2 Å². The van der Waals surface area contributed by atoms with Gasteiger partial charge in [0, 0.05) is 10.0 Å². The van der Waals surface area contributed by atoms with Gasteiger partial charge < -0.3 is 9.84 Å². The van der Waals surface area contributed by atoms with Gasteiger partial charge in [0.15, 0.2) is 10.4 Å². The van der Waals surface area contributed by atoms with E-state index >= 15 is 0 Å². The highest BCUT2D eigenvalue weighted by Crippen LogP contribution is 2.32. The lowest BCUT2D eigenvalue weighted by molar-refractivity contribution is -0.145. The Balaban J connectivity index is 1.74. The van der Waals surface area contributed by atoms with Crippen molar-refractivity contribution in [3.05, 3.63) is 69.0 Å². The third-order valence-corrected chi connectivity index (χ3v) is 6.02. The van der Waals surface area contributed by atoms with Gasteiger partial charge in [0.25, 0.3) is 11.8 Å². The monoisotopic (exact) mass is 520 g/mol. The van der Waals surface area contributed by atoms with Gasteiger partial charge in [0.1, 0.15) is 5.75 Å². The number of rotatable bonds is 7. The highest BCUT2D eigenvalue weighted by atomic mass is 79.9. The van der Waals surface area contributed by atoms with E-state index in [4.69, 9.17) is 22.1 Å². The fourth-order valence-corrected chi connectivity index (χ4v) is 4.08. The van der Waals surface area contributed by atoms with Gasteiger partial charge in [-0.05, 0) is 66.7 Å². The molecule has 7 nitrogen and oxygen atoms in total. The van der Waals surface area contributed by atoms with E-state index in [2.05, 4.69) is 21.4 Å². The Morgan fingerprint density at radius 2 is 2.00 bits per heavy atom. The van der Waals surface area contributed by atoms with Crippen molar-refractivity contribution in [2.75, 3.05) is 0 Å². The van der Waals surface area contributed by atoms with Gasteiger partial charge >= 0.3 is 5.97 Å². The molecular weight excluding hydrogens is 504 g/mol. The summed E-state index contributed by atoms with van der Waals surface area (Å²) in [7, 11) is 0. The molecule has 1 aliphatic rings. The first-order valence-electron chi connectivity index (χ1n) is 9.12. The molecule has 0 aromatic heterocycles. The predicted octanol–water partition coefficient (Wildman–Crippen LogP) is 4.24. The first-order valence-corrected chi connectivity index (χ1v) is 11.1. The van der Waals surface area contributed by atoms with Crippen LogP contribution in [0.3, 0.4) is 0 Å². The molecule has 0 aliphatic carbocycles. The third-order valence-electron chi connectivity index (χ3n) is 4.19. The van der Waals surface area contributed by atoms with Gasteiger partial charge in [0.05, 0.1) is 4.91 Å². The van der Waals surface area contributed by atoms with E-state index < -0.39 is 23.9 Å². The molecule has 10 heteroatoms. The number of aliphatic carboxylic acids is 1. The molecule has 31 heavy (non-hydrogen) atoms. The summed E-state index contributed by atoms with van der Waals surface area (Å²) in [5.41, 5.74) is 3.54. The molecule has 160 valence electrons. The summed E-state index contributed by atoms with van der Waals surface area (Å²) in [4.78, 5) is 36.7. The zero-order chi connectivity index (χ0) is 22.5. The summed E-state index contributed by atoms with van der Waals surface area (Å²) in [6.07, 6.45) is 0.970. The number of halogens is 1. The van der Waals surface area contributed by atoms with Gasteiger partial charge in [-0.2, -0.15) is 5.01 Å². The second-order valence-electron chi connectivity index (χ2n) is 6.39. The molecule has 2 amide bonds. The minimum atomic E-state index is -1.05. The van der Waals surface area contributed by atoms with Gasteiger partial charge in [0.2, 0.25) is 0 Å². The van der Waals surface area contributed by atoms with Crippen molar-refractivity contribution in [2.45, 2.75) is 19.4 Å². The lowest BCUT2D eigenvalue weighted by Crippen LogP contribution is -2.44. The van der Waals surface area contributed by atoms with E-state index in [-0.39, 0.29) is 4.32 Å². The summed E-state index contributed by atoms with van der Waals surface area (Å²) >= 11 is 9.60. The number of hydrogen-bond acceptors (Lipinski definition) is 6. The molecule has 3 rings (SSSR count). The van der Waals surface area contributed by atoms with Crippen molar-refractivity contribution in [3.8, 4) is 5.75 Å². The lowest BCUT2D eigenvalue weighted by atomic mass is 10.2. The normalized spacial score (nSPS) is 15.8. The molecule has 2 N–H and O–H groups in total. The summed E-state index contributed by atoms with van der Waals surface area (Å²) in [5, 5.41) is 10.2.